The molecule has 1 aromatic rings. The molecule has 3 rings (SSSR count). The van der Waals surface area contributed by atoms with E-state index >= 15 is 0 Å². The largest absolute Gasteiger partial charge is 0.396 e. The average Bonchev–Trinajstić information content (AvgIpc) is 3.01. The molecule has 2 atom stereocenters. The molecule has 5 nitrogen and oxygen atoms in total. The molecule has 2 aliphatic rings. The molecule has 1 saturated heterocycles. The number of nitrogens with one attached hydrogen (secondary N) is 2. The molecule has 0 aromatic heterocycles. The summed E-state index contributed by atoms with van der Waals surface area (Å²) < 4.78 is 28.7. The molecule has 3 N–H and O–H groups in total. The van der Waals surface area contributed by atoms with Crippen molar-refractivity contribution in [3.05, 3.63) is 23.8 Å². The van der Waals surface area contributed by atoms with Gasteiger partial charge in [-0.05, 0) is 37.8 Å². The summed E-state index contributed by atoms with van der Waals surface area (Å²) >= 11 is 0. The Kier molecular flexibility index (Phi) is 6.29. The molecular weight excluding hydrogens is 340 g/mol. The van der Waals surface area contributed by atoms with Crippen LogP contribution in [0.4, 0.5) is 25.0 Å². The maximum atomic E-state index is 14.4. The van der Waals surface area contributed by atoms with E-state index in [1.165, 1.54) is 0 Å². The van der Waals surface area contributed by atoms with Gasteiger partial charge < -0.3 is 20.6 Å². The van der Waals surface area contributed by atoms with Gasteiger partial charge in [0.1, 0.15) is 5.69 Å². The van der Waals surface area contributed by atoms with Gasteiger partial charge in [-0.3, -0.25) is 0 Å². The SMILES string of the molecule is O=C(Nc1cc(F)c(N2CCCC2)c(F)c1)NC1CCCCCC1CO. The van der Waals surface area contributed by atoms with Gasteiger partial charge in [0.05, 0.1) is 0 Å². The van der Waals surface area contributed by atoms with Crippen molar-refractivity contribution in [2.24, 2.45) is 5.92 Å². The van der Waals surface area contributed by atoms with Gasteiger partial charge in [-0.2, -0.15) is 0 Å². The lowest BCUT2D eigenvalue weighted by molar-refractivity contribution is 0.182. The summed E-state index contributed by atoms with van der Waals surface area (Å²) in [5.74, 6) is -1.30. The summed E-state index contributed by atoms with van der Waals surface area (Å²) in [7, 11) is 0. The van der Waals surface area contributed by atoms with Crippen LogP contribution in [0.5, 0.6) is 0 Å². The fourth-order valence-electron chi connectivity index (χ4n) is 4.01. The molecule has 2 amide bonds. The molecule has 26 heavy (non-hydrogen) atoms. The summed E-state index contributed by atoms with van der Waals surface area (Å²) in [5, 5.41) is 14.9. The molecule has 144 valence electrons. The van der Waals surface area contributed by atoms with Crippen molar-refractivity contribution in [3.8, 4) is 0 Å². The second-order valence-electron chi connectivity index (χ2n) is 7.27. The predicted octanol–water partition coefficient (Wildman–Crippen LogP) is 3.63. The number of anilines is 2. The number of hydrogen-bond donors (Lipinski definition) is 3. The Balaban J connectivity index is 1.65. The Morgan fingerprint density at radius 1 is 1.08 bits per heavy atom. The van der Waals surface area contributed by atoms with Gasteiger partial charge in [0.2, 0.25) is 0 Å². The second kappa shape index (κ2) is 8.66. The molecule has 1 aromatic carbocycles. The number of carbonyl (C=O) groups excluding carboxylic acids is 1. The van der Waals surface area contributed by atoms with Gasteiger partial charge in [0.15, 0.2) is 11.6 Å². The predicted molar refractivity (Wildman–Crippen MR) is 97.4 cm³/mol. The number of aliphatic hydroxyl groups excluding tert-OH is 1. The molecule has 7 heteroatoms. The minimum absolute atomic E-state index is 0.0161. The molecule has 1 saturated carbocycles. The van der Waals surface area contributed by atoms with Crippen molar-refractivity contribution in [1.82, 2.24) is 5.32 Å². The molecule has 1 aliphatic heterocycles. The van der Waals surface area contributed by atoms with Crippen LogP contribution < -0.4 is 15.5 Å². The lowest BCUT2D eigenvalue weighted by atomic mass is 9.96. The van der Waals surface area contributed by atoms with E-state index in [9.17, 15) is 18.7 Å². The first kappa shape index (κ1) is 18.9. The third-order valence-electron chi connectivity index (χ3n) is 5.41. The normalized spacial score (nSPS) is 23.6. The number of nitrogens with zero attached hydrogens (tertiary/aromatic N) is 1. The highest BCUT2D eigenvalue weighted by Crippen LogP contribution is 2.30. The van der Waals surface area contributed by atoms with Crippen LogP contribution in [-0.2, 0) is 0 Å². The minimum Gasteiger partial charge on any atom is -0.396 e. The van der Waals surface area contributed by atoms with Crippen molar-refractivity contribution >= 4 is 17.4 Å². The van der Waals surface area contributed by atoms with E-state index in [2.05, 4.69) is 10.6 Å². The van der Waals surface area contributed by atoms with Gasteiger partial charge in [0, 0.05) is 37.3 Å². The Labute approximate surface area is 152 Å². The van der Waals surface area contributed by atoms with Gasteiger partial charge in [0.25, 0.3) is 0 Å². The minimum atomic E-state index is -0.662. The maximum Gasteiger partial charge on any atom is 0.319 e. The van der Waals surface area contributed by atoms with E-state index in [1.807, 2.05) is 0 Å². The molecule has 2 unspecified atom stereocenters. The van der Waals surface area contributed by atoms with Gasteiger partial charge in [-0.25, -0.2) is 13.6 Å². The van der Waals surface area contributed by atoms with Gasteiger partial charge in [-0.1, -0.05) is 19.3 Å². The molecule has 0 bridgehead atoms. The first-order valence-corrected chi connectivity index (χ1v) is 9.51. The lowest BCUT2D eigenvalue weighted by Crippen LogP contribution is -2.43. The van der Waals surface area contributed by atoms with E-state index < -0.39 is 17.7 Å². The van der Waals surface area contributed by atoms with Crippen molar-refractivity contribution in [2.75, 3.05) is 29.9 Å². The van der Waals surface area contributed by atoms with E-state index in [0.717, 1.165) is 57.1 Å². The first-order valence-electron chi connectivity index (χ1n) is 9.51. The van der Waals surface area contributed by atoms with Crippen molar-refractivity contribution in [2.45, 2.75) is 51.0 Å². The zero-order chi connectivity index (χ0) is 18.5. The summed E-state index contributed by atoms with van der Waals surface area (Å²) in [6.45, 7) is 1.31. The number of rotatable bonds is 4. The molecule has 0 spiro atoms. The summed E-state index contributed by atoms with van der Waals surface area (Å²) in [5.41, 5.74) is 0.0761. The highest BCUT2D eigenvalue weighted by Gasteiger charge is 2.25. The topological polar surface area (TPSA) is 64.6 Å². The standard InChI is InChI=1S/C19H27F2N3O2/c20-15-10-14(11-16(21)18(15)24-8-4-5-9-24)22-19(26)23-17-7-3-1-2-6-13(17)12-25/h10-11,13,17,25H,1-9,12H2,(H2,22,23,26). The zero-order valence-corrected chi connectivity index (χ0v) is 14.9. The van der Waals surface area contributed by atoms with Crippen LogP contribution in [0, 0.1) is 17.6 Å². The fraction of sp³-hybridized carbons (Fsp3) is 0.632. The third-order valence-corrected chi connectivity index (χ3v) is 5.41. The smallest absolute Gasteiger partial charge is 0.319 e. The fourth-order valence-corrected chi connectivity index (χ4v) is 4.01. The molecule has 1 aliphatic carbocycles. The monoisotopic (exact) mass is 367 g/mol. The van der Waals surface area contributed by atoms with Gasteiger partial charge >= 0.3 is 6.03 Å². The Hall–Kier alpha value is -1.89. The van der Waals surface area contributed by atoms with Crippen molar-refractivity contribution in [3.63, 3.8) is 0 Å². The zero-order valence-electron chi connectivity index (χ0n) is 14.9. The highest BCUT2D eigenvalue weighted by atomic mass is 19.1. The first-order chi connectivity index (χ1) is 12.6. The Morgan fingerprint density at radius 2 is 1.73 bits per heavy atom. The number of halogens is 2. The Morgan fingerprint density at radius 3 is 2.38 bits per heavy atom. The summed E-state index contributed by atoms with van der Waals surface area (Å²) in [4.78, 5) is 14.0. The van der Waals surface area contributed by atoms with Crippen LogP contribution in [0.25, 0.3) is 0 Å². The van der Waals surface area contributed by atoms with Crippen LogP contribution >= 0.6 is 0 Å². The Bertz CT molecular complexity index is 612. The summed E-state index contributed by atoms with van der Waals surface area (Å²) in [6.07, 6.45) is 6.65. The highest BCUT2D eigenvalue weighted by molar-refractivity contribution is 5.89. The van der Waals surface area contributed by atoms with Crippen molar-refractivity contribution < 1.29 is 18.7 Å². The molecular formula is C19H27F2N3O2. The number of benzene rings is 1. The maximum absolute atomic E-state index is 14.4. The molecule has 0 radical (unpaired) electrons. The van der Waals surface area contributed by atoms with E-state index in [-0.39, 0.29) is 29.9 Å². The van der Waals surface area contributed by atoms with Crippen LogP contribution in [-0.4, -0.2) is 36.9 Å². The van der Waals surface area contributed by atoms with Gasteiger partial charge in [-0.15, -0.1) is 0 Å². The van der Waals surface area contributed by atoms with Crippen LogP contribution in [0.15, 0.2) is 12.1 Å². The molecule has 2 fully saturated rings. The van der Waals surface area contributed by atoms with Crippen LogP contribution in [0.2, 0.25) is 0 Å². The quantitative estimate of drug-likeness (QED) is 0.712. The van der Waals surface area contributed by atoms with E-state index in [4.69, 9.17) is 0 Å². The number of amides is 2. The summed E-state index contributed by atoms with van der Waals surface area (Å²) in [6, 6.07) is 1.70. The number of aliphatic hydroxyl groups is 1. The molecule has 1 heterocycles. The second-order valence-corrected chi connectivity index (χ2v) is 7.27. The number of urea groups is 1. The van der Waals surface area contributed by atoms with Crippen molar-refractivity contribution in [1.29, 1.82) is 0 Å². The van der Waals surface area contributed by atoms with E-state index in [1.54, 1.807) is 4.90 Å². The lowest BCUT2D eigenvalue weighted by Gasteiger charge is -2.25. The third kappa shape index (κ3) is 4.44. The van der Waals surface area contributed by atoms with Crippen LogP contribution in [0.3, 0.4) is 0 Å². The average molecular weight is 367 g/mol. The van der Waals surface area contributed by atoms with Crippen LogP contribution in [0.1, 0.15) is 44.9 Å². The number of hydrogen-bond acceptors (Lipinski definition) is 3. The van der Waals surface area contributed by atoms with E-state index in [0.29, 0.717) is 13.1 Å². The number of carbonyl (C=O) groups is 1.